The van der Waals surface area contributed by atoms with Crippen molar-refractivity contribution in [3.63, 3.8) is 0 Å². The van der Waals surface area contributed by atoms with Gasteiger partial charge in [-0.2, -0.15) is 0 Å². The minimum absolute atomic E-state index is 0.150. The van der Waals surface area contributed by atoms with E-state index in [0.717, 1.165) is 25.9 Å². The Labute approximate surface area is 104 Å². The van der Waals surface area contributed by atoms with E-state index in [9.17, 15) is 0 Å². The second-order valence-electron chi connectivity index (χ2n) is 4.83. The Morgan fingerprint density at radius 1 is 1.35 bits per heavy atom. The molecule has 0 unspecified atom stereocenters. The average Bonchev–Trinajstić information content (AvgIpc) is 2.38. The maximum Gasteiger partial charge on any atom is 0.0417 e. The molecule has 2 nitrogen and oxygen atoms in total. The molecule has 1 aromatic rings. The lowest BCUT2D eigenvalue weighted by atomic mass is 10.0. The van der Waals surface area contributed by atoms with Crippen LogP contribution in [0, 0.1) is 0 Å². The zero-order valence-corrected chi connectivity index (χ0v) is 10.8. The lowest BCUT2D eigenvalue weighted by molar-refractivity contribution is 0.688. The number of rotatable bonds is 3. The fourth-order valence-corrected chi connectivity index (χ4v) is 2.43. The SMILES string of the molecule is CC[C@@H](N)c1ccccc1N1CCC=C(C)C1. The molecule has 0 bridgehead atoms. The van der Waals surface area contributed by atoms with Gasteiger partial charge in [-0.05, 0) is 31.4 Å². The zero-order chi connectivity index (χ0) is 12.3. The van der Waals surface area contributed by atoms with Crippen molar-refractivity contribution in [1.29, 1.82) is 0 Å². The molecule has 1 aliphatic rings. The number of para-hydroxylation sites is 1. The predicted molar refractivity (Wildman–Crippen MR) is 74.2 cm³/mol. The van der Waals surface area contributed by atoms with Crippen LogP contribution in [0.4, 0.5) is 5.69 Å². The minimum Gasteiger partial charge on any atom is -0.367 e. The van der Waals surface area contributed by atoms with Crippen LogP contribution in [-0.2, 0) is 0 Å². The second kappa shape index (κ2) is 5.37. The zero-order valence-electron chi connectivity index (χ0n) is 10.8. The monoisotopic (exact) mass is 230 g/mol. The molecule has 92 valence electrons. The van der Waals surface area contributed by atoms with Gasteiger partial charge in [0.15, 0.2) is 0 Å². The molecule has 0 saturated heterocycles. The van der Waals surface area contributed by atoms with E-state index < -0.39 is 0 Å². The van der Waals surface area contributed by atoms with E-state index in [1.807, 2.05) is 0 Å². The lowest BCUT2D eigenvalue weighted by Crippen LogP contribution is -2.30. The Morgan fingerprint density at radius 2 is 2.12 bits per heavy atom. The topological polar surface area (TPSA) is 29.3 Å². The summed E-state index contributed by atoms with van der Waals surface area (Å²) in [5, 5.41) is 0. The first-order chi connectivity index (χ1) is 8.22. The molecule has 1 atom stereocenters. The molecule has 1 aromatic carbocycles. The van der Waals surface area contributed by atoms with Crippen LogP contribution < -0.4 is 10.6 Å². The van der Waals surface area contributed by atoms with E-state index in [-0.39, 0.29) is 6.04 Å². The molecule has 17 heavy (non-hydrogen) atoms. The first kappa shape index (κ1) is 12.2. The van der Waals surface area contributed by atoms with Gasteiger partial charge in [-0.25, -0.2) is 0 Å². The van der Waals surface area contributed by atoms with E-state index >= 15 is 0 Å². The third-order valence-electron chi connectivity index (χ3n) is 3.45. The number of anilines is 1. The van der Waals surface area contributed by atoms with E-state index in [2.05, 4.69) is 49.1 Å². The molecule has 2 N–H and O–H groups in total. The van der Waals surface area contributed by atoms with Crippen molar-refractivity contribution in [3.8, 4) is 0 Å². The van der Waals surface area contributed by atoms with Crippen LogP contribution in [-0.4, -0.2) is 13.1 Å². The molecule has 1 aliphatic heterocycles. The normalized spacial score (nSPS) is 17.8. The van der Waals surface area contributed by atoms with Crippen LogP contribution in [0.2, 0.25) is 0 Å². The number of nitrogens with two attached hydrogens (primary N) is 1. The van der Waals surface area contributed by atoms with Gasteiger partial charge in [0, 0.05) is 24.8 Å². The Morgan fingerprint density at radius 3 is 2.82 bits per heavy atom. The summed E-state index contributed by atoms with van der Waals surface area (Å²) in [5.74, 6) is 0. The Hall–Kier alpha value is -1.28. The summed E-state index contributed by atoms with van der Waals surface area (Å²) in [6, 6.07) is 8.70. The number of hydrogen-bond acceptors (Lipinski definition) is 2. The smallest absolute Gasteiger partial charge is 0.0417 e. The van der Waals surface area contributed by atoms with Crippen molar-refractivity contribution in [2.24, 2.45) is 5.73 Å². The molecular weight excluding hydrogens is 208 g/mol. The molecule has 0 amide bonds. The molecule has 0 aromatic heterocycles. The quantitative estimate of drug-likeness (QED) is 0.808. The van der Waals surface area contributed by atoms with Gasteiger partial charge in [-0.1, -0.05) is 36.8 Å². The minimum atomic E-state index is 0.150. The van der Waals surface area contributed by atoms with Gasteiger partial charge < -0.3 is 10.6 Å². The summed E-state index contributed by atoms with van der Waals surface area (Å²) < 4.78 is 0. The lowest BCUT2D eigenvalue weighted by Gasteiger charge is -2.31. The summed E-state index contributed by atoms with van der Waals surface area (Å²) in [6.07, 6.45) is 4.46. The molecule has 2 heteroatoms. The Bertz CT molecular complexity index is 409. The maximum atomic E-state index is 6.20. The van der Waals surface area contributed by atoms with Crippen molar-refractivity contribution in [3.05, 3.63) is 41.5 Å². The highest BCUT2D eigenvalue weighted by molar-refractivity contribution is 5.56. The van der Waals surface area contributed by atoms with Crippen LogP contribution in [0.3, 0.4) is 0 Å². The molecule has 0 radical (unpaired) electrons. The molecule has 0 spiro atoms. The first-order valence-corrected chi connectivity index (χ1v) is 6.47. The number of benzene rings is 1. The van der Waals surface area contributed by atoms with Gasteiger partial charge in [0.2, 0.25) is 0 Å². The second-order valence-corrected chi connectivity index (χ2v) is 4.83. The van der Waals surface area contributed by atoms with Crippen molar-refractivity contribution < 1.29 is 0 Å². The van der Waals surface area contributed by atoms with Crippen molar-refractivity contribution in [1.82, 2.24) is 0 Å². The highest BCUT2D eigenvalue weighted by Crippen LogP contribution is 2.28. The Balaban J connectivity index is 2.28. The highest BCUT2D eigenvalue weighted by Gasteiger charge is 2.16. The molecule has 2 rings (SSSR count). The van der Waals surface area contributed by atoms with Crippen molar-refractivity contribution in [2.45, 2.75) is 32.7 Å². The average molecular weight is 230 g/mol. The largest absolute Gasteiger partial charge is 0.367 e. The van der Waals surface area contributed by atoms with Gasteiger partial charge in [0.25, 0.3) is 0 Å². The predicted octanol–water partition coefficient (Wildman–Crippen LogP) is 3.25. The van der Waals surface area contributed by atoms with Gasteiger partial charge >= 0.3 is 0 Å². The fourth-order valence-electron chi connectivity index (χ4n) is 2.43. The van der Waals surface area contributed by atoms with Crippen LogP contribution in [0.5, 0.6) is 0 Å². The molecular formula is C15H22N2. The van der Waals surface area contributed by atoms with Crippen molar-refractivity contribution >= 4 is 5.69 Å². The van der Waals surface area contributed by atoms with Gasteiger partial charge in [0.05, 0.1) is 0 Å². The first-order valence-electron chi connectivity index (χ1n) is 6.47. The number of nitrogens with zero attached hydrogens (tertiary/aromatic N) is 1. The third kappa shape index (κ3) is 2.70. The standard InChI is InChI=1S/C15H22N2/c1-3-14(16)13-8-4-5-9-15(13)17-10-6-7-12(2)11-17/h4-5,7-9,14H,3,6,10-11,16H2,1-2H3/t14-/m1/s1. The van der Waals surface area contributed by atoms with Gasteiger partial charge in [-0.3, -0.25) is 0 Å². The van der Waals surface area contributed by atoms with Crippen molar-refractivity contribution in [2.75, 3.05) is 18.0 Å². The van der Waals surface area contributed by atoms with Crippen LogP contribution >= 0.6 is 0 Å². The third-order valence-corrected chi connectivity index (χ3v) is 3.45. The van der Waals surface area contributed by atoms with E-state index in [1.54, 1.807) is 0 Å². The van der Waals surface area contributed by atoms with E-state index in [1.165, 1.54) is 16.8 Å². The van der Waals surface area contributed by atoms with Gasteiger partial charge in [-0.15, -0.1) is 0 Å². The highest BCUT2D eigenvalue weighted by atomic mass is 15.1. The number of hydrogen-bond donors (Lipinski definition) is 1. The van der Waals surface area contributed by atoms with Crippen LogP contribution in [0.25, 0.3) is 0 Å². The summed E-state index contributed by atoms with van der Waals surface area (Å²) in [4.78, 5) is 2.44. The molecule has 0 aliphatic carbocycles. The molecule has 0 fully saturated rings. The van der Waals surface area contributed by atoms with Gasteiger partial charge in [0.1, 0.15) is 0 Å². The maximum absolute atomic E-state index is 6.20. The van der Waals surface area contributed by atoms with Crippen LogP contribution in [0.1, 0.15) is 38.3 Å². The summed E-state index contributed by atoms with van der Waals surface area (Å²) >= 11 is 0. The molecule has 1 heterocycles. The Kier molecular flexibility index (Phi) is 3.85. The fraction of sp³-hybridized carbons (Fsp3) is 0.467. The molecule has 0 saturated carbocycles. The van der Waals surface area contributed by atoms with E-state index in [4.69, 9.17) is 5.73 Å². The van der Waals surface area contributed by atoms with E-state index in [0.29, 0.717) is 0 Å². The van der Waals surface area contributed by atoms with Crippen LogP contribution in [0.15, 0.2) is 35.9 Å². The summed E-state index contributed by atoms with van der Waals surface area (Å²) in [7, 11) is 0. The summed E-state index contributed by atoms with van der Waals surface area (Å²) in [6.45, 7) is 6.48. The summed E-state index contributed by atoms with van der Waals surface area (Å²) in [5.41, 5.74) is 10.2.